The molecule has 2 unspecified atom stereocenters. The van der Waals surface area contributed by atoms with E-state index >= 15 is 0 Å². The standard InChI is InChI=1S/C7H17N3O/c1-5(9)7(11)6(10)3-2-4-8/h5-6H,2-4,8-10H2,1H3. The highest BCUT2D eigenvalue weighted by atomic mass is 16.1. The average Bonchev–Trinajstić information content (AvgIpc) is 1.98. The van der Waals surface area contributed by atoms with Crippen molar-refractivity contribution in [2.45, 2.75) is 31.8 Å². The Hall–Kier alpha value is -0.450. The summed E-state index contributed by atoms with van der Waals surface area (Å²) < 4.78 is 0. The number of Topliss-reactive ketones (excluding diaryl/α,β-unsaturated/α-hetero) is 1. The van der Waals surface area contributed by atoms with Gasteiger partial charge in [0.1, 0.15) is 0 Å². The van der Waals surface area contributed by atoms with E-state index in [0.29, 0.717) is 13.0 Å². The molecule has 0 spiro atoms. The summed E-state index contributed by atoms with van der Waals surface area (Å²) in [4.78, 5) is 11.1. The van der Waals surface area contributed by atoms with Crippen molar-refractivity contribution >= 4 is 5.78 Å². The normalized spacial score (nSPS) is 16.0. The predicted molar refractivity (Wildman–Crippen MR) is 44.9 cm³/mol. The summed E-state index contributed by atoms with van der Waals surface area (Å²) in [6.45, 7) is 2.21. The van der Waals surface area contributed by atoms with Gasteiger partial charge in [0.05, 0.1) is 12.1 Å². The molecule has 0 bridgehead atoms. The van der Waals surface area contributed by atoms with Crippen molar-refractivity contribution < 1.29 is 4.79 Å². The van der Waals surface area contributed by atoms with Crippen molar-refractivity contribution in [1.82, 2.24) is 0 Å². The molecule has 0 aliphatic carbocycles. The summed E-state index contributed by atoms with van der Waals surface area (Å²) in [5.41, 5.74) is 16.1. The maximum atomic E-state index is 11.1. The SMILES string of the molecule is CC(N)C(=O)C(N)CCCN. The van der Waals surface area contributed by atoms with Crippen LogP contribution in [0.25, 0.3) is 0 Å². The molecule has 0 aliphatic heterocycles. The van der Waals surface area contributed by atoms with Gasteiger partial charge >= 0.3 is 0 Å². The van der Waals surface area contributed by atoms with E-state index in [1.54, 1.807) is 6.92 Å². The Labute approximate surface area is 67.1 Å². The molecule has 0 aliphatic rings. The molecule has 0 aromatic rings. The fourth-order valence-corrected chi connectivity index (χ4v) is 0.818. The zero-order valence-electron chi connectivity index (χ0n) is 6.92. The first-order valence-corrected chi connectivity index (χ1v) is 3.84. The fraction of sp³-hybridized carbons (Fsp3) is 0.857. The number of ketones is 1. The summed E-state index contributed by atoms with van der Waals surface area (Å²) >= 11 is 0. The van der Waals surface area contributed by atoms with Gasteiger partial charge in [-0.2, -0.15) is 0 Å². The van der Waals surface area contributed by atoms with E-state index in [1.807, 2.05) is 0 Å². The maximum absolute atomic E-state index is 11.1. The van der Waals surface area contributed by atoms with Crippen LogP contribution in [-0.4, -0.2) is 24.4 Å². The van der Waals surface area contributed by atoms with Gasteiger partial charge in [0.2, 0.25) is 0 Å². The van der Waals surface area contributed by atoms with Gasteiger partial charge in [-0.3, -0.25) is 4.79 Å². The molecular formula is C7H17N3O. The summed E-state index contributed by atoms with van der Waals surface area (Å²) in [6.07, 6.45) is 1.41. The van der Waals surface area contributed by atoms with Crippen molar-refractivity contribution in [1.29, 1.82) is 0 Å². The minimum Gasteiger partial charge on any atom is -0.330 e. The second-order valence-electron chi connectivity index (χ2n) is 2.73. The molecule has 0 fully saturated rings. The highest BCUT2D eigenvalue weighted by Gasteiger charge is 2.15. The molecule has 0 saturated carbocycles. The quantitative estimate of drug-likeness (QED) is 0.478. The van der Waals surface area contributed by atoms with Gasteiger partial charge in [0.25, 0.3) is 0 Å². The molecule has 0 rings (SSSR count). The first-order chi connectivity index (χ1) is 5.09. The van der Waals surface area contributed by atoms with E-state index in [0.717, 1.165) is 6.42 Å². The molecule has 0 radical (unpaired) electrons. The molecule has 0 aromatic heterocycles. The van der Waals surface area contributed by atoms with Gasteiger partial charge in [-0.25, -0.2) is 0 Å². The molecule has 11 heavy (non-hydrogen) atoms. The first-order valence-electron chi connectivity index (χ1n) is 3.84. The van der Waals surface area contributed by atoms with E-state index in [1.165, 1.54) is 0 Å². The molecule has 0 heterocycles. The van der Waals surface area contributed by atoms with Gasteiger partial charge in [-0.15, -0.1) is 0 Å². The van der Waals surface area contributed by atoms with Crippen molar-refractivity contribution in [3.05, 3.63) is 0 Å². The predicted octanol–water partition coefficient (Wildman–Crippen LogP) is -1.03. The van der Waals surface area contributed by atoms with Gasteiger partial charge in [0.15, 0.2) is 5.78 Å². The van der Waals surface area contributed by atoms with Crippen LogP contribution in [0, 0.1) is 0 Å². The third-order valence-electron chi connectivity index (χ3n) is 1.53. The molecule has 0 aromatic carbocycles. The van der Waals surface area contributed by atoms with E-state index in [2.05, 4.69) is 0 Å². The lowest BCUT2D eigenvalue weighted by Gasteiger charge is -2.11. The molecule has 2 atom stereocenters. The summed E-state index contributed by atoms with van der Waals surface area (Å²) in [6, 6.07) is -0.888. The van der Waals surface area contributed by atoms with Crippen molar-refractivity contribution in [2.24, 2.45) is 17.2 Å². The van der Waals surface area contributed by atoms with Gasteiger partial charge < -0.3 is 17.2 Å². The average molecular weight is 159 g/mol. The molecule has 66 valence electrons. The van der Waals surface area contributed by atoms with E-state index in [4.69, 9.17) is 17.2 Å². The maximum Gasteiger partial charge on any atom is 0.165 e. The molecule has 4 heteroatoms. The molecule has 0 amide bonds. The third-order valence-corrected chi connectivity index (χ3v) is 1.53. The number of hydrogen-bond donors (Lipinski definition) is 3. The zero-order chi connectivity index (χ0) is 8.85. The van der Waals surface area contributed by atoms with E-state index < -0.39 is 12.1 Å². The Balaban J connectivity index is 3.64. The van der Waals surface area contributed by atoms with E-state index in [-0.39, 0.29) is 5.78 Å². The number of nitrogens with two attached hydrogens (primary N) is 3. The fourth-order valence-electron chi connectivity index (χ4n) is 0.818. The number of carbonyl (C=O) groups excluding carboxylic acids is 1. The van der Waals surface area contributed by atoms with Gasteiger partial charge in [0, 0.05) is 0 Å². The summed E-state index contributed by atoms with van der Waals surface area (Å²) in [7, 11) is 0. The monoisotopic (exact) mass is 159 g/mol. The van der Waals surface area contributed by atoms with E-state index in [9.17, 15) is 4.79 Å². The van der Waals surface area contributed by atoms with Gasteiger partial charge in [-0.1, -0.05) is 0 Å². The second kappa shape index (κ2) is 5.23. The number of rotatable bonds is 5. The highest BCUT2D eigenvalue weighted by molar-refractivity contribution is 5.88. The van der Waals surface area contributed by atoms with Crippen LogP contribution in [0.5, 0.6) is 0 Å². The summed E-state index contributed by atoms with van der Waals surface area (Å²) in [5.74, 6) is -0.0848. The molecule has 0 saturated heterocycles. The largest absolute Gasteiger partial charge is 0.330 e. The second-order valence-corrected chi connectivity index (χ2v) is 2.73. The Kier molecular flexibility index (Phi) is 5.02. The molecule has 4 nitrogen and oxygen atoms in total. The minimum absolute atomic E-state index is 0.0848. The Morgan fingerprint density at radius 1 is 1.45 bits per heavy atom. The van der Waals surface area contributed by atoms with Crippen LogP contribution < -0.4 is 17.2 Å². The van der Waals surface area contributed by atoms with Crippen LogP contribution in [0.1, 0.15) is 19.8 Å². The number of carbonyl (C=O) groups is 1. The summed E-state index contributed by atoms with van der Waals surface area (Å²) in [5, 5.41) is 0. The Morgan fingerprint density at radius 3 is 2.36 bits per heavy atom. The molecular weight excluding hydrogens is 142 g/mol. The highest BCUT2D eigenvalue weighted by Crippen LogP contribution is 1.96. The topological polar surface area (TPSA) is 95.1 Å². The lowest BCUT2D eigenvalue weighted by atomic mass is 10.0. The van der Waals surface area contributed by atoms with Crippen molar-refractivity contribution in [3.63, 3.8) is 0 Å². The zero-order valence-corrected chi connectivity index (χ0v) is 6.92. The van der Waals surface area contributed by atoms with Gasteiger partial charge in [-0.05, 0) is 26.3 Å². The smallest absolute Gasteiger partial charge is 0.165 e. The van der Waals surface area contributed by atoms with Crippen LogP contribution in [0.15, 0.2) is 0 Å². The van der Waals surface area contributed by atoms with Crippen LogP contribution in [-0.2, 0) is 4.79 Å². The Morgan fingerprint density at radius 2 is 2.00 bits per heavy atom. The van der Waals surface area contributed by atoms with Crippen LogP contribution in [0.2, 0.25) is 0 Å². The lowest BCUT2D eigenvalue weighted by Crippen LogP contribution is -2.41. The van der Waals surface area contributed by atoms with Crippen molar-refractivity contribution in [3.8, 4) is 0 Å². The van der Waals surface area contributed by atoms with Crippen LogP contribution in [0.3, 0.4) is 0 Å². The van der Waals surface area contributed by atoms with Crippen LogP contribution >= 0.6 is 0 Å². The number of hydrogen-bond acceptors (Lipinski definition) is 4. The first kappa shape index (κ1) is 10.6. The van der Waals surface area contributed by atoms with Crippen molar-refractivity contribution in [2.75, 3.05) is 6.54 Å². The Bertz CT molecular complexity index is 125. The van der Waals surface area contributed by atoms with Crippen LogP contribution in [0.4, 0.5) is 0 Å². The third kappa shape index (κ3) is 4.08. The lowest BCUT2D eigenvalue weighted by molar-refractivity contribution is -0.121. The minimum atomic E-state index is -0.456. The molecule has 6 N–H and O–H groups in total.